The predicted molar refractivity (Wildman–Crippen MR) is 120 cm³/mol. The molecule has 1 heterocycles. The van der Waals surface area contributed by atoms with Crippen LogP contribution in [0.4, 0.5) is 8.78 Å². The zero-order chi connectivity index (χ0) is 22.5. The zero-order valence-electron chi connectivity index (χ0n) is 18.5. The van der Waals surface area contributed by atoms with E-state index in [0.717, 1.165) is 23.8 Å². The molecule has 1 aliphatic heterocycles. The van der Waals surface area contributed by atoms with Crippen LogP contribution in [0.2, 0.25) is 0 Å². The number of amides is 1. The molecular weight excluding hydrogens is 410 g/mol. The second-order valence-corrected chi connectivity index (χ2v) is 9.03. The van der Waals surface area contributed by atoms with Crippen LogP contribution in [0.5, 0.6) is 0 Å². The first-order valence-electron chi connectivity index (χ1n) is 11.5. The van der Waals surface area contributed by atoms with Crippen LogP contribution >= 0.6 is 0 Å². The van der Waals surface area contributed by atoms with E-state index in [4.69, 9.17) is 4.84 Å². The molecule has 2 aliphatic rings. The van der Waals surface area contributed by atoms with Crippen LogP contribution in [0.3, 0.4) is 0 Å². The first-order valence-corrected chi connectivity index (χ1v) is 11.5. The van der Waals surface area contributed by atoms with Gasteiger partial charge in [0.2, 0.25) is 5.91 Å². The van der Waals surface area contributed by atoms with Gasteiger partial charge in [0.15, 0.2) is 6.10 Å². The highest BCUT2D eigenvalue weighted by Gasteiger charge is 2.28. The van der Waals surface area contributed by atoms with Crippen molar-refractivity contribution in [3.8, 4) is 0 Å². The van der Waals surface area contributed by atoms with Crippen LogP contribution in [0, 0.1) is 24.5 Å². The Labute approximate surface area is 188 Å². The van der Waals surface area contributed by atoms with Crippen LogP contribution in [-0.2, 0) is 16.2 Å². The standard InChI is InChI=1S/C26H30F2N2O2/c1-18-6-9-20(10-7-18)25-15-23(32-29-25)17-30(16-21-11-12-22(27)14-24(21)28)26(31)13-8-19-4-2-3-5-19/h6-7,9-12,14,19,23H,2-5,8,13,15-17H2,1H3. The molecule has 1 unspecified atom stereocenters. The van der Waals surface area contributed by atoms with Gasteiger partial charge in [0, 0.05) is 31.0 Å². The van der Waals surface area contributed by atoms with Crippen LogP contribution in [0.1, 0.15) is 61.6 Å². The number of benzene rings is 2. The lowest BCUT2D eigenvalue weighted by molar-refractivity contribution is -0.134. The molecule has 0 spiro atoms. The van der Waals surface area contributed by atoms with Gasteiger partial charge in [-0.2, -0.15) is 0 Å². The molecule has 170 valence electrons. The normalized spacial score (nSPS) is 18.5. The molecule has 2 aromatic rings. The minimum absolute atomic E-state index is 0.0204. The zero-order valence-corrected chi connectivity index (χ0v) is 18.5. The summed E-state index contributed by atoms with van der Waals surface area (Å²) in [4.78, 5) is 20.4. The van der Waals surface area contributed by atoms with Crippen LogP contribution in [0.25, 0.3) is 0 Å². The van der Waals surface area contributed by atoms with Crippen LogP contribution in [0.15, 0.2) is 47.6 Å². The van der Waals surface area contributed by atoms with E-state index in [1.54, 1.807) is 4.90 Å². The summed E-state index contributed by atoms with van der Waals surface area (Å²) in [5.41, 5.74) is 3.33. The number of aryl methyl sites for hydroxylation is 1. The quantitative estimate of drug-likeness (QED) is 0.523. The SMILES string of the molecule is Cc1ccc(C2=NOC(CN(Cc3ccc(F)cc3F)C(=O)CCC3CCCC3)C2)cc1. The number of oxime groups is 1. The Hall–Kier alpha value is -2.76. The van der Waals surface area contributed by atoms with Gasteiger partial charge in [-0.3, -0.25) is 4.79 Å². The van der Waals surface area contributed by atoms with Gasteiger partial charge in [-0.15, -0.1) is 0 Å². The third kappa shape index (κ3) is 5.72. The van der Waals surface area contributed by atoms with E-state index in [9.17, 15) is 13.6 Å². The highest BCUT2D eigenvalue weighted by Crippen LogP contribution is 2.29. The number of carbonyl (C=O) groups excluding carboxylic acids is 1. The predicted octanol–water partition coefficient (Wildman–Crippen LogP) is 5.77. The smallest absolute Gasteiger partial charge is 0.223 e. The highest BCUT2D eigenvalue weighted by molar-refractivity contribution is 6.01. The lowest BCUT2D eigenvalue weighted by Crippen LogP contribution is -2.37. The summed E-state index contributed by atoms with van der Waals surface area (Å²) >= 11 is 0. The lowest BCUT2D eigenvalue weighted by atomic mass is 10.0. The number of hydrogen-bond donors (Lipinski definition) is 0. The molecule has 0 N–H and O–H groups in total. The van der Waals surface area contributed by atoms with Crippen molar-refractivity contribution in [2.75, 3.05) is 6.54 Å². The molecule has 1 fully saturated rings. The highest BCUT2D eigenvalue weighted by atomic mass is 19.1. The molecule has 1 amide bonds. The molecule has 4 rings (SSSR count). The van der Waals surface area contributed by atoms with Gasteiger partial charge in [-0.05, 0) is 30.9 Å². The van der Waals surface area contributed by atoms with Crippen molar-refractivity contribution in [3.05, 3.63) is 70.8 Å². The van der Waals surface area contributed by atoms with Gasteiger partial charge in [-0.1, -0.05) is 66.7 Å². The molecule has 4 nitrogen and oxygen atoms in total. The Bertz CT molecular complexity index is 968. The van der Waals surface area contributed by atoms with Crippen LogP contribution < -0.4 is 0 Å². The van der Waals surface area contributed by atoms with Gasteiger partial charge in [0.25, 0.3) is 0 Å². The molecule has 32 heavy (non-hydrogen) atoms. The summed E-state index contributed by atoms with van der Waals surface area (Å²) in [6.45, 7) is 2.44. The molecule has 2 aromatic carbocycles. The van der Waals surface area contributed by atoms with Gasteiger partial charge in [0.05, 0.1) is 12.3 Å². The van der Waals surface area contributed by atoms with E-state index >= 15 is 0 Å². The Balaban J connectivity index is 1.42. The molecule has 6 heteroatoms. The topological polar surface area (TPSA) is 41.9 Å². The molecule has 1 saturated carbocycles. The number of halogens is 2. The van der Waals surface area contributed by atoms with Crippen molar-refractivity contribution in [3.63, 3.8) is 0 Å². The number of carbonyl (C=O) groups is 1. The van der Waals surface area contributed by atoms with Crippen molar-refractivity contribution < 1.29 is 18.4 Å². The summed E-state index contributed by atoms with van der Waals surface area (Å²) in [7, 11) is 0. The van der Waals surface area contributed by atoms with Crippen molar-refractivity contribution in [2.24, 2.45) is 11.1 Å². The maximum absolute atomic E-state index is 14.3. The van der Waals surface area contributed by atoms with E-state index in [1.807, 2.05) is 31.2 Å². The van der Waals surface area contributed by atoms with E-state index in [2.05, 4.69) is 5.16 Å². The summed E-state index contributed by atoms with van der Waals surface area (Å²) in [6.07, 6.45) is 6.42. The Morgan fingerprint density at radius 2 is 1.88 bits per heavy atom. The fraction of sp³-hybridized carbons (Fsp3) is 0.462. The molecule has 0 radical (unpaired) electrons. The molecule has 0 aromatic heterocycles. The Kier molecular flexibility index (Phi) is 7.18. The monoisotopic (exact) mass is 440 g/mol. The van der Waals surface area contributed by atoms with Crippen molar-refractivity contribution in [1.82, 2.24) is 4.90 Å². The van der Waals surface area contributed by atoms with Crippen molar-refractivity contribution >= 4 is 11.6 Å². The van der Waals surface area contributed by atoms with E-state index in [0.29, 0.717) is 30.9 Å². The minimum atomic E-state index is -0.637. The largest absolute Gasteiger partial charge is 0.390 e. The Morgan fingerprint density at radius 1 is 1.12 bits per heavy atom. The first-order chi connectivity index (χ1) is 15.5. The number of hydrogen-bond acceptors (Lipinski definition) is 3. The summed E-state index contributed by atoms with van der Waals surface area (Å²) < 4.78 is 27.6. The van der Waals surface area contributed by atoms with Gasteiger partial charge >= 0.3 is 0 Å². The fourth-order valence-corrected chi connectivity index (χ4v) is 4.58. The maximum atomic E-state index is 14.3. The van der Waals surface area contributed by atoms with E-state index in [-0.39, 0.29) is 18.6 Å². The molecular formula is C26H30F2N2O2. The first kappa shape index (κ1) is 22.4. The van der Waals surface area contributed by atoms with Gasteiger partial charge in [0.1, 0.15) is 11.6 Å². The average molecular weight is 441 g/mol. The minimum Gasteiger partial charge on any atom is -0.390 e. The third-order valence-electron chi connectivity index (χ3n) is 6.51. The summed E-state index contributed by atoms with van der Waals surface area (Å²) in [5.74, 6) is -0.682. The second kappa shape index (κ2) is 10.2. The Morgan fingerprint density at radius 3 is 2.59 bits per heavy atom. The molecule has 1 atom stereocenters. The number of rotatable bonds is 8. The lowest BCUT2D eigenvalue weighted by Gasteiger charge is -2.26. The maximum Gasteiger partial charge on any atom is 0.223 e. The molecule has 1 aliphatic carbocycles. The second-order valence-electron chi connectivity index (χ2n) is 9.03. The van der Waals surface area contributed by atoms with E-state index < -0.39 is 11.6 Å². The average Bonchev–Trinajstić information content (AvgIpc) is 3.46. The van der Waals surface area contributed by atoms with Crippen molar-refractivity contribution in [2.45, 2.75) is 64.5 Å². The summed E-state index contributed by atoms with van der Waals surface area (Å²) in [6, 6.07) is 11.6. The summed E-state index contributed by atoms with van der Waals surface area (Å²) in [5, 5.41) is 4.23. The van der Waals surface area contributed by atoms with Gasteiger partial charge < -0.3 is 9.74 Å². The van der Waals surface area contributed by atoms with Gasteiger partial charge in [-0.25, -0.2) is 8.78 Å². The molecule has 0 saturated heterocycles. The number of nitrogens with zero attached hydrogens (tertiary/aromatic N) is 2. The third-order valence-corrected chi connectivity index (χ3v) is 6.51. The van der Waals surface area contributed by atoms with Crippen LogP contribution in [-0.4, -0.2) is 29.2 Å². The molecule has 0 bridgehead atoms. The van der Waals surface area contributed by atoms with E-state index in [1.165, 1.54) is 43.4 Å². The fourth-order valence-electron chi connectivity index (χ4n) is 4.58. The van der Waals surface area contributed by atoms with Crippen molar-refractivity contribution in [1.29, 1.82) is 0 Å².